The number of ether oxygens (including phenoxy) is 2. The van der Waals surface area contributed by atoms with Gasteiger partial charge in [-0.1, -0.05) is 11.6 Å². The molecule has 146 valence electrons. The van der Waals surface area contributed by atoms with Crippen LogP contribution < -0.4 is 0 Å². The van der Waals surface area contributed by atoms with Crippen molar-refractivity contribution in [2.24, 2.45) is 5.92 Å². The number of likely N-dealkylation sites (tertiary alicyclic amines) is 2. The lowest BCUT2D eigenvalue weighted by molar-refractivity contribution is -0.188. The molecule has 3 heterocycles. The fourth-order valence-electron chi connectivity index (χ4n) is 4.22. The van der Waals surface area contributed by atoms with Crippen molar-refractivity contribution >= 4 is 23.4 Å². The Morgan fingerprint density at radius 3 is 2.11 bits per heavy atom. The van der Waals surface area contributed by atoms with E-state index in [0.717, 1.165) is 12.8 Å². The summed E-state index contributed by atoms with van der Waals surface area (Å²) in [6, 6.07) is 6.95. The van der Waals surface area contributed by atoms with E-state index in [-0.39, 0.29) is 17.7 Å². The third kappa shape index (κ3) is 3.98. The van der Waals surface area contributed by atoms with Crippen LogP contribution in [-0.4, -0.2) is 66.8 Å². The van der Waals surface area contributed by atoms with Gasteiger partial charge in [-0.2, -0.15) is 0 Å². The van der Waals surface area contributed by atoms with Crippen LogP contribution >= 0.6 is 11.6 Å². The van der Waals surface area contributed by atoms with Crippen LogP contribution in [0.15, 0.2) is 24.3 Å². The number of piperidine rings is 2. The van der Waals surface area contributed by atoms with Crippen LogP contribution in [0.5, 0.6) is 0 Å². The summed E-state index contributed by atoms with van der Waals surface area (Å²) < 4.78 is 11.5. The van der Waals surface area contributed by atoms with E-state index in [0.29, 0.717) is 62.8 Å². The van der Waals surface area contributed by atoms with Gasteiger partial charge in [0.25, 0.3) is 5.91 Å². The summed E-state index contributed by atoms with van der Waals surface area (Å²) in [5.74, 6) is -0.237. The standard InChI is InChI=1S/C20H25ClN2O4/c21-17-3-1-15(2-4-17)18(24)22-9-5-16(6-10-22)19(25)23-11-7-20(8-12-23)26-13-14-27-20/h1-4,16H,5-14H2. The molecule has 0 bridgehead atoms. The van der Waals surface area contributed by atoms with Crippen molar-refractivity contribution in [3.8, 4) is 0 Å². The number of nitrogens with zero attached hydrogens (tertiary/aromatic N) is 2. The van der Waals surface area contributed by atoms with E-state index >= 15 is 0 Å². The second-order valence-electron chi connectivity index (χ2n) is 7.51. The summed E-state index contributed by atoms with van der Waals surface area (Å²) in [5.41, 5.74) is 0.641. The first kappa shape index (κ1) is 18.7. The summed E-state index contributed by atoms with van der Waals surface area (Å²) in [6.45, 7) is 3.89. The first-order valence-corrected chi connectivity index (χ1v) is 10.1. The van der Waals surface area contributed by atoms with E-state index in [2.05, 4.69) is 0 Å². The molecule has 2 amide bonds. The van der Waals surface area contributed by atoms with Crippen molar-refractivity contribution < 1.29 is 19.1 Å². The molecule has 3 aliphatic rings. The highest BCUT2D eigenvalue weighted by molar-refractivity contribution is 6.30. The fraction of sp³-hybridized carbons (Fsp3) is 0.600. The van der Waals surface area contributed by atoms with Crippen molar-refractivity contribution in [2.75, 3.05) is 39.4 Å². The van der Waals surface area contributed by atoms with Gasteiger partial charge >= 0.3 is 0 Å². The Kier molecular flexibility index (Phi) is 5.39. The maximum Gasteiger partial charge on any atom is 0.253 e. The first-order valence-electron chi connectivity index (χ1n) is 9.68. The van der Waals surface area contributed by atoms with Crippen LogP contribution in [0.4, 0.5) is 0 Å². The molecular weight excluding hydrogens is 368 g/mol. The maximum atomic E-state index is 12.9. The van der Waals surface area contributed by atoms with Crippen molar-refractivity contribution in [3.05, 3.63) is 34.9 Å². The second-order valence-corrected chi connectivity index (χ2v) is 7.94. The van der Waals surface area contributed by atoms with Crippen LogP contribution in [-0.2, 0) is 14.3 Å². The van der Waals surface area contributed by atoms with Gasteiger partial charge in [0.2, 0.25) is 5.91 Å². The molecule has 4 rings (SSSR count). The Balaban J connectivity index is 1.28. The molecule has 0 saturated carbocycles. The fourth-order valence-corrected chi connectivity index (χ4v) is 4.34. The van der Waals surface area contributed by atoms with E-state index in [1.165, 1.54) is 0 Å². The molecule has 0 radical (unpaired) electrons. The third-order valence-corrected chi connectivity index (χ3v) is 6.13. The highest BCUT2D eigenvalue weighted by Crippen LogP contribution is 2.32. The molecule has 27 heavy (non-hydrogen) atoms. The smallest absolute Gasteiger partial charge is 0.253 e. The number of carbonyl (C=O) groups is 2. The Labute approximate surface area is 164 Å². The van der Waals surface area contributed by atoms with E-state index in [1.54, 1.807) is 24.3 Å². The maximum absolute atomic E-state index is 12.9. The number of amides is 2. The Bertz CT molecular complexity index is 684. The zero-order chi connectivity index (χ0) is 18.9. The summed E-state index contributed by atoms with van der Waals surface area (Å²) in [4.78, 5) is 29.2. The van der Waals surface area contributed by atoms with E-state index in [1.807, 2.05) is 9.80 Å². The van der Waals surface area contributed by atoms with Gasteiger partial charge in [-0.05, 0) is 37.1 Å². The van der Waals surface area contributed by atoms with E-state index < -0.39 is 5.79 Å². The van der Waals surface area contributed by atoms with Gasteiger partial charge < -0.3 is 19.3 Å². The van der Waals surface area contributed by atoms with E-state index in [4.69, 9.17) is 21.1 Å². The van der Waals surface area contributed by atoms with Crippen LogP contribution in [0, 0.1) is 5.92 Å². The van der Waals surface area contributed by atoms with Gasteiger partial charge in [0, 0.05) is 55.5 Å². The lowest BCUT2D eigenvalue weighted by Gasteiger charge is -2.40. The van der Waals surface area contributed by atoms with Crippen molar-refractivity contribution in [1.29, 1.82) is 0 Å². The molecule has 3 saturated heterocycles. The van der Waals surface area contributed by atoms with Crippen LogP contribution in [0.1, 0.15) is 36.0 Å². The molecule has 1 aromatic carbocycles. The largest absolute Gasteiger partial charge is 0.347 e. The van der Waals surface area contributed by atoms with Gasteiger partial charge in [0.1, 0.15) is 0 Å². The SMILES string of the molecule is O=C(c1ccc(Cl)cc1)N1CCC(C(=O)N2CCC3(CC2)OCCO3)CC1. The highest BCUT2D eigenvalue weighted by Gasteiger charge is 2.42. The van der Waals surface area contributed by atoms with E-state index in [9.17, 15) is 9.59 Å². The number of carbonyl (C=O) groups excluding carboxylic acids is 2. The monoisotopic (exact) mass is 392 g/mol. The molecule has 0 aromatic heterocycles. The minimum Gasteiger partial charge on any atom is -0.347 e. The molecule has 7 heteroatoms. The normalized spacial score (nSPS) is 23.0. The van der Waals surface area contributed by atoms with Crippen molar-refractivity contribution in [3.63, 3.8) is 0 Å². The lowest BCUT2D eigenvalue weighted by Crippen LogP contribution is -2.50. The summed E-state index contributed by atoms with van der Waals surface area (Å²) in [7, 11) is 0. The van der Waals surface area contributed by atoms with Gasteiger partial charge in [0.05, 0.1) is 13.2 Å². The minimum atomic E-state index is -0.453. The van der Waals surface area contributed by atoms with Gasteiger partial charge in [-0.25, -0.2) is 0 Å². The first-order chi connectivity index (χ1) is 13.1. The molecule has 3 fully saturated rings. The number of benzene rings is 1. The summed E-state index contributed by atoms with van der Waals surface area (Å²) in [5, 5.41) is 0.618. The Hall–Kier alpha value is -1.63. The molecule has 1 spiro atoms. The molecule has 6 nitrogen and oxygen atoms in total. The lowest BCUT2D eigenvalue weighted by atomic mass is 9.93. The number of hydrogen-bond donors (Lipinski definition) is 0. The van der Waals surface area contributed by atoms with Crippen molar-refractivity contribution in [1.82, 2.24) is 9.80 Å². The molecule has 1 aromatic rings. The van der Waals surface area contributed by atoms with Crippen LogP contribution in [0.3, 0.4) is 0 Å². The van der Waals surface area contributed by atoms with Gasteiger partial charge in [-0.15, -0.1) is 0 Å². The number of halogens is 1. The zero-order valence-electron chi connectivity index (χ0n) is 15.4. The second kappa shape index (κ2) is 7.78. The zero-order valence-corrected chi connectivity index (χ0v) is 16.1. The van der Waals surface area contributed by atoms with Gasteiger partial charge in [-0.3, -0.25) is 9.59 Å². The average Bonchev–Trinajstić information content (AvgIpc) is 3.16. The van der Waals surface area contributed by atoms with Crippen LogP contribution in [0.2, 0.25) is 5.02 Å². The minimum absolute atomic E-state index is 0.00117. The topological polar surface area (TPSA) is 59.1 Å². The molecular formula is C20H25ClN2O4. The molecule has 3 aliphatic heterocycles. The third-order valence-electron chi connectivity index (χ3n) is 5.87. The summed E-state index contributed by atoms with van der Waals surface area (Å²) in [6.07, 6.45) is 2.92. The Morgan fingerprint density at radius 1 is 0.926 bits per heavy atom. The van der Waals surface area contributed by atoms with Crippen LogP contribution in [0.25, 0.3) is 0 Å². The Morgan fingerprint density at radius 2 is 1.52 bits per heavy atom. The molecule has 0 atom stereocenters. The highest BCUT2D eigenvalue weighted by atomic mass is 35.5. The molecule has 0 aliphatic carbocycles. The predicted octanol–water partition coefficient (Wildman–Crippen LogP) is 2.56. The average molecular weight is 393 g/mol. The predicted molar refractivity (Wildman–Crippen MR) is 101 cm³/mol. The van der Waals surface area contributed by atoms with Crippen molar-refractivity contribution in [2.45, 2.75) is 31.5 Å². The number of rotatable bonds is 2. The quantitative estimate of drug-likeness (QED) is 0.776. The molecule has 0 N–H and O–H groups in total. The summed E-state index contributed by atoms with van der Waals surface area (Å²) >= 11 is 5.89. The molecule has 0 unspecified atom stereocenters. The number of hydrogen-bond acceptors (Lipinski definition) is 4. The van der Waals surface area contributed by atoms with Gasteiger partial charge in [0.15, 0.2) is 5.79 Å².